The minimum atomic E-state index is 0.556. The highest BCUT2D eigenvalue weighted by atomic mass is 14.5. The van der Waals surface area contributed by atoms with E-state index in [4.69, 9.17) is 0 Å². The molecule has 0 atom stereocenters. The lowest BCUT2D eigenvalue weighted by Gasteiger charge is -2.54. The van der Waals surface area contributed by atoms with Crippen LogP contribution in [0.4, 0.5) is 0 Å². The number of hydrogen-bond donors (Lipinski definition) is 0. The van der Waals surface area contributed by atoms with Crippen LogP contribution in [0.25, 0.3) is 0 Å². The Labute approximate surface area is 150 Å². The van der Waals surface area contributed by atoms with Gasteiger partial charge in [0.1, 0.15) is 0 Å². The van der Waals surface area contributed by atoms with E-state index in [1.807, 2.05) is 0 Å². The van der Waals surface area contributed by atoms with Crippen LogP contribution in [-0.2, 0) is 0 Å². The number of aryl methyl sites for hydroxylation is 1. The van der Waals surface area contributed by atoms with Gasteiger partial charge in [-0.05, 0) is 67.8 Å². The molecule has 2 aliphatic rings. The van der Waals surface area contributed by atoms with Crippen LogP contribution in [0.3, 0.4) is 0 Å². The largest absolute Gasteiger partial charge is 0.0648 e. The first-order valence-electron chi connectivity index (χ1n) is 10.7. The topological polar surface area (TPSA) is 0 Å². The molecule has 134 valence electrons. The van der Waals surface area contributed by atoms with Gasteiger partial charge in [-0.1, -0.05) is 82.2 Å². The van der Waals surface area contributed by atoms with Crippen molar-refractivity contribution in [3.8, 4) is 0 Å². The Kier molecular flexibility index (Phi) is 5.73. The Hall–Kier alpha value is -0.780. The van der Waals surface area contributed by atoms with Gasteiger partial charge in [-0.25, -0.2) is 0 Å². The summed E-state index contributed by atoms with van der Waals surface area (Å²) in [6.45, 7) is 7.20. The molecule has 0 nitrogen and oxygen atoms in total. The van der Waals surface area contributed by atoms with E-state index in [0.717, 1.165) is 5.92 Å². The van der Waals surface area contributed by atoms with E-state index in [9.17, 15) is 0 Å². The zero-order chi connectivity index (χ0) is 17.0. The van der Waals surface area contributed by atoms with E-state index in [2.05, 4.69) is 45.0 Å². The molecule has 0 aromatic heterocycles. The summed E-state index contributed by atoms with van der Waals surface area (Å²) in [5.74, 6) is 0.779. The fraction of sp³-hybridized carbons (Fsp3) is 0.750. The van der Waals surface area contributed by atoms with Crippen LogP contribution in [-0.4, -0.2) is 0 Å². The van der Waals surface area contributed by atoms with Gasteiger partial charge in [-0.3, -0.25) is 0 Å². The summed E-state index contributed by atoms with van der Waals surface area (Å²) >= 11 is 0. The van der Waals surface area contributed by atoms with Crippen molar-refractivity contribution in [2.45, 2.75) is 104 Å². The molecule has 24 heavy (non-hydrogen) atoms. The fourth-order valence-electron chi connectivity index (χ4n) is 6.32. The van der Waals surface area contributed by atoms with Gasteiger partial charge in [-0.15, -0.1) is 0 Å². The average Bonchev–Trinajstić information content (AvgIpc) is 2.65. The maximum Gasteiger partial charge on any atom is -0.00490 e. The van der Waals surface area contributed by atoms with Gasteiger partial charge in [0.2, 0.25) is 0 Å². The quantitative estimate of drug-likeness (QED) is 0.517. The van der Waals surface area contributed by atoms with Gasteiger partial charge in [0.05, 0.1) is 0 Å². The highest BCUT2D eigenvalue weighted by Crippen LogP contribution is 2.62. The molecule has 2 saturated carbocycles. The highest BCUT2D eigenvalue weighted by Gasteiger charge is 2.50. The van der Waals surface area contributed by atoms with Crippen molar-refractivity contribution in [3.05, 3.63) is 35.4 Å². The normalized spacial score (nSPS) is 23.3. The van der Waals surface area contributed by atoms with Crippen LogP contribution in [0.5, 0.6) is 0 Å². The van der Waals surface area contributed by atoms with Crippen molar-refractivity contribution in [2.24, 2.45) is 10.8 Å². The molecule has 0 aliphatic heterocycles. The second-order valence-corrected chi connectivity index (χ2v) is 8.90. The predicted molar refractivity (Wildman–Crippen MR) is 106 cm³/mol. The van der Waals surface area contributed by atoms with Crippen molar-refractivity contribution in [3.63, 3.8) is 0 Å². The molecular formula is C24H38. The van der Waals surface area contributed by atoms with Gasteiger partial charge < -0.3 is 0 Å². The smallest absolute Gasteiger partial charge is 0.00490 e. The monoisotopic (exact) mass is 326 g/mol. The van der Waals surface area contributed by atoms with Crippen LogP contribution in [0.15, 0.2) is 24.3 Å². The van der Waals surface area contributed by atoms with Crippen molar-refractivity contribution in [1.82, 2.24) is 0 Å². The van der Waals surface area contributed by atoms with Crippen LogP contribution in [0.2, 0.25) is 0 Å². The maximum absolute atomic E-state index is 2.48. The molecule has 1 aromatic rings. The van der Waals surface area contributed by atoms with E-state index in [0.29, 0.717) is 10.8 Å². The summed E-state index contributed by atoms with van der Waals surface area (Å²) < 4.78 is 0. The predicted octanol–water partition coefficient (Wildman–Crippen LogP) is 7.80. The van der Waals surface area contributed by atoms with Gasteiger partial charge in [0.15, 0.2) is 0 Å². The first-order chi connectivity index (χ1) is 11.7. The number of benzene rings is 1. The summed E-state index contributed by atoms with van der Waals surface area (Å²) in [4.78, 5) is 0. The SMILES string of the molecule is CCC1(C(c2ccc(C)cc2)C2(CC)CCCCC2)CCCCC1. The number of hydrogen-bond acceptors (Lipinski definition) is 0. The van der Waals surface area contributed by atoms with Gasteiger partial charge in [-0.2, -0.15) is 0 Å². The Morgan fingerprint density at radius 2 is 1.12 bits per heavy atom. The summed E-state index contributed by atoms with van der Waals surface area (Å²) in [5.41, 5.74) is 4.18. The zero-order valence-electron chi connectivity index (χ0n) is 16.4. The summed E-state index contributed by atoms with van der Waals surface area (Å²) in [7, 11) is 0. The lowest BCUT2D eigenvalue weighted by Crippen LogP contribution is -2.43. The van der Waals surface area contributed by atoms with Crippen molar-refractivity contribution >= 4 is 0 Å². The first-order valence-corrected chi connectivity index (χ1v) is 10.7. The first kappa shape index (κ1) is 18.0. The minimum absolute atomic E-state index is 0.556. The van der Waals surface area contributed by atoms with E-state index in [-0.39, 0.29) is 0 Å². The summed E-state index contributed by atoms with van der Waals surface area (Å²) in [6, 6.07) is 9.69. The standard InChI is InChI=1S/C24H38/c1-4-23(16-8-6-9-17-23)22(21-14-12-20(3)13-15-21)24(5-2)18-10-7-11-19-24/h12-15,22H,4-11,16-19H2,1-3H3. The minimum Gasteiger partial charge on any atom is -0.0648 e. The van der Waals surface area contributed by atoms with Crippen LogP contribution in [0, 0.1) is 17.8 Å². The Morgan fingerprint density at radius 3 is 1.50 bits per heavy atom. The third-order valence-electron chi connectivity index (χ3n) is 7.74. The third kappa shape index (κ3) is 3.31. The lowest BCUT2D eigenvalue weighted by molar-refractivity contribution is 0.0127. The number of rotatable bonds is 5. The van der Waals surface area contributed by atoms with Gasteiger partial charge in [0, 0.05) is 0 Å². The Morgan fingerprint density at radius 1 is 0.708 bits per heavy atom. The second-order valence-electron chi connectivity index (χ2n) is 8.90. The molecule has 0 saturated heterocycles. The fourth-order valence-corrected chi connectivity index (χ4v) is 6.32. The lowest BCUT2D eigenvalue weighted by atomic mass is 9.50. The Bertz CT molecular complexity index is 471. The Balaban J connectivity index is 2.07. The molecule has 0 unspecified atom stereocenters. The van der Waals surface area contributed by atoms with E-state index < -0.39 is 0 Å². The average molecular weight is 327 g/mol. The third-order valence-corrected chi connectivity index (χ3v) is 7.74. The second kappa shape index (κ2) is 7.63. The van der Waals surface area contributed by atoms with Crippen molar-refractivity contribution < 1.29 is 0 Å². The molecular weight excluding hydrogens is 288 g/mol. The molecule has 0 spiro atoms. The van der Waals surface area contributed by atoms with Crippen molar-refractivity contribution in [1.29, 1.82) is 0 Å². The molecule has 0 heteroatoms. The molecule has 0 radical (unpaired) electrons. The molecule has 0 heterocycles. The molecule has 1 aromatic carbocycles. The van der Waals surface area contributed by atoms with E-state index >= 15 is 0 Å². The van der Waals surface area contributed by atoms with Crippen LogP contribution < -0.4 is 0 Å². The zero-order valence-corrected chi connectivity index (χ0v) is 16.4. The van der Waals surface area contributed by atoms with Gasteiger partial charge >= 0.3 is 0 Å². The molecule has 0 N–H and O–H groups in total. The maximum atomic E-state index is 2.48. The molecule has 2 aliphatic carbocycles. The van der Waals surface area contributed by atoms with E-state index in [1.54, 1.807) is 5.56 Å². The highest BCUT2D eigenvalue weighted by molar-refractivity contribution is 5.29. The summed E-state index contributed by atoms with van der Waals surface area (Å²) in [6.07, 6.45) is 17.3. The molecule has 0 amide bonds. The molecule has 0 bridgehead atoms. The van der Waals surface area contributed by atoms with E-state index in [1.165, 1.54) is 82.6 Å². The molecule has 2 fully saturated rings. The van der Waals surface area contributed by atoms with Gasteiger partial charge in [0.25, 0.3) is 0 Å². The van der Waals surface area contributed by atoms with Crippen LogP contribution in [0.1, 0.15) is 108 Å². The van der Waals surface area contributed by atoms with Crippen LogP contribution >= 0.6 is 0 Å². The van der Waals surface area contributed by atoms with Crippen molar-refractivity contribution in [2.75, 3.05) is 0 Å². The summed E-state index contributed by atoms with van der Waals surface area (Å²) in [5, 5.41) is 0. The molecule has 3 rings (SSSR count).